The SMILES string of the molecule is COc1cc(/C=C(/NC(=O)c2ccccc2)C(=O)O)cc(I)c1OCCc1ccccc1. The normalized spacial score (nSPS) is 11.0. The topological polar surface area (TPSA) is 84.9 Å². The molecule has 0 saturated heterocycles. The molecule has 7 heteroatoms. The first-order valence-corrected chi connectivity index (χ1v) is 10.9. The highest BCUT2D eigenvalue weighted by atomic mass is 127. The number of benzene rings is 3. The molecule has 3 aromatic carbocycles. The van der Waals surface area contributed by atoms with Crippen molar-refractivity contribution in [3.8, 4) is 11.5 Å². The molecule has 0 heterocycles. The molecule has 0 atom stereocenters. The van der Waals surface area contributed by atoms with E-state index in [0.29, 0.717) is 29.2 Å². The minimum absolute atomic E-state index is 0.241. The summed E-state index contributed by atoms with van der Waals surface area (Å²) in [5, 5.41) is 12.0. The highest BCUT2D eigenvalue weighted by molar-refractivity contribution is 14.1. The smallest absolute Gasteiger partial charge is 0.352 e. The minimum Gasteiger partial charge on any atom is -0.493 e. The number of hydrogen-bond donors (Lipinski definition) is 2. The van der Waals surface area contributed by atoms with Gasteiger partial charge >= 0.3 is 5.97 Å². The van der Waals surface area contributed by atoms with Crippen molar-refractivity contribution < 1.29 is 24.2 Å². The van der Waals surface area contributed by atoms with Crippen molar-refractivity contribution in [2.45, 2.75) is 6.42 Å². The van der Waals surface area contributed by atoms with Gasteiger partial charge in [0.25, 0.3) is 5.91 Å². The highest BCUT2D eigenvalue weighted by Gasteiger charge is 2.16. The van der Waals surface area contributed by atoms with Crippen LogP contribution in [0.1, 0.15) is 21.5 Å². The van der Waals surface area contributed by atoms with E-state index in [1.807, 2.05) is 30.3 Å². The lowest BCUT2D eigenvalue weighted by molar-refractivity contribution is -0.132. The van der Waals surface area contributed by atoms with Crippen LogP contribution in [0.3, 0.4) is 0 Å². The van der Waals surface area contributed by atoms with E-state index in [-0.39, 0.29) is 5.70 Å². The van der Waals surface area contributed by atoms with Crippen LogP contribution >= 0.6 is 22.6 Å². The number of halogens is 1. The fraction of sp³-hybridized carbons (Fsp3) is 0.120. The Hall–Kier alpha value is -3.33. The lowest BCUT2D eigenvalue weighted by Crippen LogP contribution is -2.27. The largest absolute Gasteiger partial charge is 0.493 e. The van der Waals surface area contributed by atoms with E-state index in [1.54, 1.807) is 42.5 Å². The molecule has 2 N–H and O–H groups in total. The molecule has 0 aliphatic heterocycles. The van der Waals surface area contributed by atoms with Gasteiger partial charge in [-0.2, -0.15) is 0 Å². The number of methoxy groups -OCH3 is 1. The molecular formula is C25H22INO5. The number of rotatable bonds is 9. The summed E-state index contributed by atoms with van der Waals surface area (Å²) in [6, 6.07) is 21.9. The fourth-order valence-corrected chi connectivity index (χ4v) is 3.76. The van der Waals surface area contributed by atoms with Gasteiger partial charge in [0.1, 0.15) is 5.70 Å². The Morgan fingerprint density at radius 1 is 1.03 bits per heavy atom. The second-order valence-corrected chi connectivity index (χ2v) is 7.96. The van der Waals surface area contributed by atoms with Crippen LogP contribution in [-0.2, 0) is 11.2 Å². The van der Waals surface area contributed by atoms with Gasteiger partial charge in [-0.05, 0) is 64.1 Å². The molecule has 0 saturated carbocycles. The third kappa shape index (κ3) is 6.34. The monoisotopic (exact) mass is 543 g/mol. The molecule has 0 spiro atoms. The van der Waals surface area contributed by atoms with Crippen LogP contribution in [0.15, 0.2) is 78.5 Å². The van der Waals surface area contributed by atoms with E-state index >= 15 is 0 Å². The van der Waals surface area contributed by atoms with Crippen LogP contribution < -0.4 is 14.8 Å². The summed E-state index contributed by atoms with van der Waals surface area (Å²) >= 11 is 2.12. The van der Waals surface area contributed by atoms with E-state index in [1.165, 1.54) is 18.7 Å². The summed E-state index contributed by atoms with van der Waals surface area (Å²) in [6.07, 6.45) is 2.14. The molecule has 164 valence electrons. The Kier molecular flexibility index (Phi) is 8.27. The Morgan fingerprint density at radius 3 is 2.31 bits per heavy atom. The van der Waals surface area contributed by atoms with Gasteiger partial charge in [0.05, 0.1) is 17.3 Å². The summed E-state index contributed by atoms with van der Waals surface area (Å²) in [4.78, 5) is 24.1. The highest BCUT2D eigenvalue weighted by Crippen LogP contribution is 2.34. The Bertz CT molecular complexity index is 1110. The molecule has 3 aromatic rings. The Labute approximate surface area is 200 Å². The maximum absolute atomic E-state index is 12.4. The molecule has 3 rings (SSSR count). The first-order valence-electron chi connectivity index (χ1n) is 9.83. The zero-order chi connectivity index (χ0) is 22.9. The molecule has 0 aromatic heterocycles. The number of aliphatic carboxylic acids is 1. The van der Waals surface area contributed by atoms with Gasteiger partial charge in [0.2, 0.25) is 0 Å². The van der Waals surface area contributed by atoms with Crippen LogP contribution in [0.25, 0.3) is 6.08 Å². The second kappa shape index (κ2) is 11.3. The van der Waals surface area contributed by atoms with Gasteiger partial charge in [-0.3, -0.25) is 4.79 Å². The zero-order valence-electron chi connectivity index (χ0n) is 17.4. The van der Waals surface area contributed by atoms with Crippen molar-refractivity contribution >= 4 is 40.5 Å². The predicted molar refractivity (Wildman–Crippen MR) is 131 cm³/mol. The number of hydrogen-bond acceptors (Lipinski definition) is 4. The number of ether oxygens (including phenoxy) is 2. The molecule has 0 fully saturated rings. The average Bonchev–Trinajstić information content (AvgIpc) is 2.80. The van der Waals surface area contributed by atoms with Crippen LogP contribution in [0.4, 0.5) is 0 Å². The van der Waals surface area contributed by atoms with Gasteiger partial charge in [-0.15, -0.1) is 0 Å². The van der Waals surface area contributed by atoms with E-state index in [9.17, 15) is 14.7 Å². The van der Waals surface area contributed by atoms with Crippen molar-refractivity contribution in [1.29, 1.82) is 0 Å². The maximum atomic E-state index is 12.4. The second-order valence-electron chi connectivity index (χ2n) is 6.80. The average molecular weight is 543 g/mol. The predicted octanol–water partition coefficient (Wildman–Crippen LogP) is 4.78. The van der Waals surface area contributed by atoms with E-state index in [0.717, 1.165) is 9.99 Å². The fourth-order valence-electron chi connectivity index (χ4n) is 2.98. The van der Waals surface area contributed by atoms with Crippen LogP contribution in [-0.4, -0.2) is 30.7 Å². The molecule has 0 bridgehead atoms. The van der Waals surface area contributed by atoms with Gasteiger partial charge in [-0.1, -0.05) is 48.5 Å². The van der Waals surface area contributed by atoms with Crippen molar-refractivity contribution in [1.82, 2.24) is 5.32 Å². The number of carboxylic acid groups (broad SMARTS) is 1. The van der Waals surface area contributed by atoms with E-state index < -0.39 is 11.9 Å². The number of amides is 1. The molecular weight excluding hydrogens is 521 g/mol. The quantitative estimate of drug-likeness (QED) is 0.300. The van der Waals surface area contributed by atoms with Crippen molar-refractivity contribution in [3.63, 3.8) is 0 Å². The van der Waals surface area contributed by atoms with Gasteiger partial charge in [0, 0.05) is 12.0 Å². The number of carbonyl (C=O) groups is 2. The molecule has 32 heavy (non-hydrogen) atoms. The maximum Gasteiger partial charge on any atom is 0.352 e. The van der Waals surface area contributed by atoms with Crippen LogP contribution in [0.5, 0.6) is 11.5 Å². The molecule has 1 amide bonds. The van der Waals surface area contributed by atoms with Gasteiger partial charge in [-0.25, -0.2) is 4.79 Å². The van der Waals surface area contributed by atoms with Crippen LogP contribution in [0.2, 0.25) is 0 Å². The van der Waals surface area contributed by atoms with Gasteiger partial charge < -0.3 is 19.9 Å². The standard InChI is InChI=1S/C25H22INO5/c1-31-22-16-18(14-20(26)23(22)32-13-12-17-8-4-2-5-9-17)15-21(25(29)30)27-24(28)19-10-6-3-7-11-19/h2-11,14-16H,12-13H2,1H3,(H,27,28)(H,29,30)/b21-15+. The molecule has 6 nitrogen and oxygen atoms in total. The first-order chi connectivity index (χ1) is 15.5. The van der Waals surface area contributed by atoms with Crippen molar-refractivity contribution in [2.75, 3.05) is 13.7 Å². The zero-order valence-corrected chi connectivity index (χ0v) is 19.5. The van der Waals surface area contributed by atoms with E-state index in [4.69, 9.17) is 9.47 Å². The summed E-state index contributed by atoms with van der Waals surface area (Å²) < 4.78 is 12.2. The Balaban J connectivity index is 1.78. The first kappa shape index (κ1) is 23.3. The van der Waals surface area contributed by atoms with Gasteiger partial charge in [0.15, 0.2) is 11.5 Å². The molecule has 0 radical (unpaired) electrons. The number of carboxylic acids is 1. The summed E-state index contributed by atoms with van der Waals surface area (Å²) in [7, 11) is 1.53. The van der Waals surface area contributed by atoms with Crippen molar-refractivity contribution in [3.05, 3.63) is 98.8 Å². The summed E-state index contributed by atoms with van der Waals surface area (Å²) in [5.41, 5.74) is 1.86. The molecule has 0 aliphatic rings. The third-order valence-corrected chi connectivity index (χ3v) is 5.36. The molecule has 0 unspecified atom stereocenters. The summed E-state index contributed by atoms with van der Waals surface area (Å²) in [5.74, 6) is -0.671. The minimum atomic E-state index is -1.24. The van der Waals surface area contributed by atoms with E-state index in [2.05, 4.69) is 27.9 Å². The lowest BCUT2D eigenvalue weighted by Gasteiger charge is -2.14. The Morgan fingerprint density at radius 2 is 1.69 bits per heavy atom. The third-order valence-electron chi connectivity index (χ3n) is 4.56. The summed E-state index contributed by atoms with van der Waals surface area (Å²) in [6.45, 7) is 0.471. The molecule has 0 aliphatic carbocycles. The van der Waals surface area contributed by atoms with Crippen LogP contribution in [0, 0.1) is 3.57 Å². The van der Waals surface area contributed by atoms with Crippen molar-refractivity contribution in [2.24, 2.45) is 0 Å². The lowest BCUT2D eigenvalue weighted by atomic mass is 10.1. The number of carbonyl (C=O) groups excluding carboxylic acids is 1. The number of nitrogens with one attached hydrogen (secondary N) is 1.